The van der Waals surface area contributed by atoms with Crippen LogP contribution in [0.1, 0.15) is 56.7 Å². The number of nitrogens with zero attached hydrogens (tertiary/aromatic N) is 4. The number of piperazine rings is 1. The Morgan fingerprint density at radius 1 is 1.06 bits per heavy atom. The van der Waals surface area contributed by atoms with E-state index < -0.39 is 21.0 Å². The first-order chi connectivity index (χ1) is 17.0. The van der Waals surface area contributed by atoms with Gasteiger partial charge in [0.1, 0.15) is 17.0 Å². The standard InChI is InChI=1S/C26H34N4O5S/c1-25(2,3)35-24(31)30-16-14-29(15-17-30)21-19-11-13-26(12-7-9-18-8-5-6-10-20(18)26)34-22(19)28-23(27-21)36(4,32)33/h5-6,8,10H,7,9,11-17H2,1-4H3. The number of sulfone groups is 1. The monoisotopic (exact) mass is 514 g/mol. The lowest BCUT2D eigenvalue weighted by atomic mass is 9.75. The van der Waals surface area contributed by atoms with Crippen LogP contribution in [0.2, 0.25) is 0 Å². The van der Waals surface area contributed by atoms with E-state index in [0.717, 1.165) is 37.5 Å². The predicted octanol–water partition coefficient (Wildman–Crippen LogP) is 3.49. The summed E-state index contributed by atoms with van der Waals surface area (Å²) in [6.45, 7) is 7.48. The molecule has 9 nitrogen and oxygen atoms in total. The van der Waals surface area contributed by atoms with E-state index in [1.165, 1.54) is 11.1 Å². The molecule has 36 heavy (non-hydrogen) atoms. The van der Waals surface area contributed by atoms with Crippen LogP contribution in [0, 0.1) is 0 Å². The summed E-state index contributed by atoms with van der Waals surface area (Å²) in [6.07, 6.45) is 5.14. The van der Waals surface area contributed by atoms with Crippen molar-refractivity contribution in [1.29, 1.82) is 0 Å². The van der Waals surface area contributed by atoms with E-state index in [1.807, 2.05) is 37.8 Å². The lowest BCUT2D eigenvalue weighted by molar-refractivity contribution is 0.0187. The fourth-order valence-corrected chi connectivity index (χ4v) is 5.90. The van der Waals surface area contributed by atoms with Crippen LogP contribution < -0.4 is 9.64 Å². The number of aryl methyl sites for hydroxylation is 1. The second kappa shape index (κ2) is 8.90. The molecule has 1 saturated heterocycles. The molecule has 1 aromatic carbocycles. The Morgan fingerprint density at radius 3 is 2.47 bits per heavy atom. The third kappa shape index (κ3) is 4.75. The number of fused-ring (bicyclic) bond motifs is 3. The van der Waals surface area contributed by atoms with Gasteiger partial charge < -0.3 is 19.3 Å². The zero-order chi connectivity index (χ0) is 25.7. The van der Waals surface area contributed by atoms with Gasteiger partial charge in [0.2, 0.25) is 15.7 Å². The fraction of sp³-hybridized carbons (Fsp3) is 0.577. The molecule has 1 unspecified atom stereocenters. The van der Waals surface area contributed by atoms with Gasteiger partial charge in [-0.2, -0.15) is 4.98 Å². The van der Waals surface area contributed by atoms with E-state index in [-0.39, 0.29) is 11.2 Å². The molecule has 1 atom stereocenters. The van der Waals surface area contributed by atoms with Crippen LogP contribution in [0.15, 0.2) is 29.4 Å². The quantitative estimate of drug-likeness (QED) is 0.562. The highest BCUT2D eigenvalue weighted by Crippen LogP contribution is 2.47. The van der Waals surface area contributed by atoms with Gasteiger partial charge in [0.15, 0.2) is 0 Å². The van der Waals surface area contributed by atoms with Crippen molar-refractivity contribution in [3.05, 3.63) is 41.0 Å². The number of carbonyl (C=O) groups is 1. The molecule has 0 N–H and O–H groups in total. The molecule has 5 rings (SSSR count). The first-order valence-electron chi connectivity index (χ1n) is 12.6. The van der Waals surface area contributed by atoms with E-state index in [9.17, 15) is 13.2 Å². The molecule has 1 aromatic heterocycles. The zero-order valence-corrected chi connectivity index (χ0v) is 22.2. The molecular weight excluding hydrogens is 480 g/mol. The molecule has 2 aliphatic heterocycles. The van der Waals surface area contributed by atoms with Crippen LogP contribution in [0.3, 0.4) is 0 Å². The van der Waals surface area contributed by atoms with E-state index >= 15 is 0 Å². The van der Waals surface area contributed by atoms with Crippen LogP contribution in [0.25, 0.3) is 0 Å². The highest BCUT2D eigenvalue weighted by Gasteiger charge is 2.44. The topological polar surface area (TPSA) is 102 Å². The molecule has 10 heteroatoms. The summed E-state index contributed by atoms with van der Waals surface area (Å²) in [5.74, 6) is 0.946. The third-order valence-electron chi connectivity index (χ3n) is 7.10. The lowest BCUT2D eigenvalue weighted by Gasteiger charge is -2.43. The van der Waals surface area contributed by atoms with Gasteiger partial charge in [0, 0.05) is 32.4 Å². The maximum Gasteiger partial charge on any atom is 0.410 e. The van der Waals surface area contributed by atoms with Gasteiger partial charge in [-0.15, -0.1) is 0 Å². The van der Waals surface area contributed by atoms with Crippen LogP contribution in [-0.2, 0) is 33.0 Å². The first-order valence-corrected chi connectivity index (χ1v) is 14.5. The maximum atomic E-state index is 12.5. The lowest BCUT2D eigenvalue weighted by Crippen LogP contribution is -2.50. The SMILES string of the molecule is CC(C)(C)OC(=O)N1CCN(c2nc(S(C)(=O)=O)nc3c2CCC2(CCCc4ccccc42)O3)CC1. The fourth-order valence-electron chi connectivity index (χ4n) is 5.40. The number of aromatic nitrogens is 2. The van der Waals surface area contributed by atoms with Gasteiger partial charge >= 0.3 is 6.09 Å². The van der Waals surface area contributed by atoms with Crippen LogP contribution in [0.5, 0.6) is 5.88 Å². The summed E-state index contributed by atoms with van der Waals surface area (Å²) in [5, 5.41) is -0.230. The molecule has 1 amide bonds. The number of hydrogen-bond donors (Lipinski definition) is 0. The first kappa shape index (κ1) is 24.8. The predicted molar refractivity (Wildman–Crippen MR) is 135 cm³/mol. The van der Waals surface area contributed by atoms with Crippen molar-refractivity contribution in [2.75, 3.05) is 37.3 Å². The minimum Gasteiger partial charge on any atom is -0.466 e. The van der Waals surface area contributed by atoms with Gasteiger partial charge in [-0.05, 0) is 64.0 Å². The number of hydrogen-bond acceptors (Lipinski definition) is 8. The molecule has 2 aromatic rings. The van der Waals surface area contributed by atoms with Crippen molar-refractivity contribution in [3.63, 3.8) is 0 Å². The van der Waals surface area contributed by atoms with Gasteiger partial charge in [-0.25, -0.2) is 18.2 Å². The Bertz CT molecular complexity index is 1280. The van der Waals surface area contributed by atoms with Crippen LogP contribution >= 0.6 is 0 Å². The molecule has 0 bridgehead atoms. The van der Waals surface area contributed by atoms with E-state index in [1.54, 1.807) is 4.90 Å². The molecule has 0 radical (unpaired) electrons. The number of amides is 1. The Hall–Kier alpha value is -2.88. The van der Waals surface area contributed by atoms with E-state index in [2.05, 4.69) is 22.1 Å². The van der Waals surface area contributed by atoms with E-state index in [0.29, 0.717) is 44.3 Å². The van der Waals surface area contributed by atoms with Crippen molar-refractivity contribution in [1.82, 2.24) is 14.9 Å². The van der Waals surface area contributed by atoms with Crippen LogP contribution in [-0.4, -0.2) is 67.4 Å². The molecule has 0 saturated carbocycles. The molecule has 3 aliphatic rings. The Morgan fingerprint density at radius 2 is 1.78 bits per heavy atom. The average Bonchev–Trinajstić information content (AvgIpc) is 2.82. The van der Waals surface area contributed by atoms with Crippen molar-refractivity contribution >= 4 is 21.7 Å². The molecule has 3 heterocycles. The summed E-state index contributed by atoms with van der Waals surface area (Å²) >= 11 is 0. The van der Waals surface area contributed by atoms with Crippen molar-refractivity contribution in [2.45, 2.75) is 69.2 Å². The Balaban J connectivity index is 1.46. The highest BCUT2D eigenvalue weighted by molar-refractivity contribution is 7.90. The molecule has 1 fully saturated rings. The van der Waals surface area contributed by atoms with E-state index in [4.69, 9.17) is 9.47 Å². The minimum absolute atomic E-state index is 0.230. The third-order valence-corrected chi connectivity index (χ3v) is 7.94. The molecule has 194 valence electrons. The second-order valence-corrected chi connectivity index (χ2v) is 12.9. The normalized spacial score (nSPS) is 22.0. The average molecular weight is 515 g/mol. The maximum absolute atomic E-state index is 12.5. The van der Waals surface area contributed by atoms with Crippen molar-refractivity contribution in [2.24, 2.45) is 0 Å². The minimum atomic E-state index is -3.66. The molecular formula is C26H34N4O5S. The smallest absolute Gasteiger partial charge is 0.410 e. The number of rotatable bonds is 2. The zero-order valence-electron chi connectivity index (χ0n) is 21.4. The van der Waals surface area contributed by atoms with Gasteiger partial charge in [0.25, 0.3) is 5.16 Å². The summed E-state index contributed by atoms with van der Waals surface area (Å²) < 4.78 is 37.2. The summed E-state index contributed by atoms with van der Waals surface area (Å²) in [7, 11) is -3.66. The van der Waals surface area contributed by atoms with Crippen molar-refractivity contribution in [3.8, 4) is 5.88 Å². The van der Waals surface area contributed by atoms with Crippen molar-refractivity contribution < 1.29 is 22.7 Å². The number of ether oxygens (including phenoxy) is 2. The summed E-state index contributed by atoms with van der Waals surface area (Å²) in [4.78, 5) is 25.1. The Labute approximate surface area is 212 Å². The summed E-state index contributed by atoms with van der Waals surface area (Å²) in [6, 6.07) is 8.34. The van der Waals surface area contributed by atoms with Gasteiger partial charge in [-0.3, -0.25) is 0 Å². The molecule has 1 spiro atoms. The second-order valence-electron chi connectivity index (χ2n) is 10.9. The van der Waals surface area contributed by atoms with Gasteiger partial charge in [-0.1, -0.05) is 24.3 Å². The van der Waals surface area contributed by atoms with Crippen LogP contribution in [0.4, 0.5) is 10.6 Å². The number of anilines is 1. The summed E-state index contributed by atoms with van der Waals surface area (Å²) in [5.41, 5.74) is 2.23. The Kier molecular flexibility index (Phi) is 6.13. The molecule has 1 aliphatic carbocycles. The number of carbonyl (C=O) groups excluding carboxylic acids is 1. The van der Waals surface area contributed by atoms with Gasteiger partial charge in [0.05, 0.1) is 5.56 Å². The number of benzene rings is 1. The largest absolute Gasteiger partial charge is 0.466 e. The highest BCUT2D eigenvalue weighted by atomic mass is 32.2.